The van der Waals surface area contributed by atoms with Crippen LogP contribution in [0, 0.1) is 5.92 Å². The van der Waals surface area contributed by atoms with Crippen molar-refractivity contribution in [3.63, 3.8) is 0 Å². The van der Waals surface area contributed by atoms with Crippen molar-refractivity contribution in [1.29, 1.82) is 0 Å². The zero-order valence-corrected chi connectivity index (χ0v) is 12.8. The van der Waals surface area contributed by atoms with Crippen molar-refractivity contribution in [2.24, 2.45) is 11.7 Å². The van der Waals surface area contributed by atoms with Gasteiger partial charge in [-0.15, -0.1) is 0 Å². The van der Waals surface area contributed by atoms with Crippen LogP contribution >= 0.6 is 0 Å². The van der Waals surface area contributed by atoms with Gasteiger partial charge in [0.15, 0.2) is 0 Å². The van der Waals surface area contributed by atoms with Gasteiger partial charge in [-0.05, 0) is 31.2 Å². The Labute approximate surface area is 131 Å². The Morgan fingerprint density at radius 3 is 2.59 bits per heavy atom. The lowest BCUT2D eigenvalue weighted by Crippen LogP contribution is -2.37. The number of amides is 1. The number of aliphatic hydroxyl groups excluding tert-OH is 1. The van der Waals surface area contributed by atoms with Gasteiger partial charge in [-0.1, -0.05) is 42.5 Å². The summed E-state index contributed by atoms with van der Waals surface area (Å²) in [4.78, 5) is 14.7. The van der Waals surface area contributed by atoms with Gasteiger partial charge < -0.3 is 15.7 Å². The third-order valence-corrected chi connectivity index (χ3v) is 4.61. The molecule has 4 heteroatoms. The van der Waals surface area contributed by atoms with Gasteiger partial charge in [-0.2, -0.15) is 0 Å². The lowest BCUT2D eigenvalue weighted by molar-refractivity contribution is -0.135. The second-order valence-electron chi connectivity index (χ2n) is 6.43. The van der Waals surface area contributed by atoms with Crippen molar-refractivity contribution in [1.82, 2.24) is 4.90 Å². The van der Waals surface area contributed by atoms with Gasteiger partial charge in [-0.25, -0.2) is 0 Å². The molecule has 2 fully saturated rings. The second kappa shape index (κ2) is 6.63. The van der Waals surface area contributed by atoms with Crippen LogP contribution in [0.5, 0.6) is 0 Å². The molecule has 2 aliphatic rings. The van der Waals surface area contributed by atoms with Gasteiger partial charge in [0.05, 0.1) is 6.10 Å². The van der Waals surface area contributed by atoms with Crippen LogP contribution in [0.3, 0.4) is 0 Å². The second-order valence-corrected chi connectivity index (χ2v) is 6.43. The third kappa shape index (κ3) is 3.57. The lowest BCUT2D eigenvalue weighted by atomic mass is 10.1. The average Bonchev–Trinajstić information content (AvgIpc) is 3.30. The van der Waals surface area contributed by atoms with Crippen LogP contribution in [0.1, 0.15) is 31.2 Å². The molecule has 0 radical (unpaired) electrons. The summed E-state index contributed by atoms with van der Waals surface area (Å²) in [6.45, 7) is 0.639. The van der Waals surface area contributed by atoms with Crippen LogP contribution in [0.4, 0.5) is 0 Å². The van der Waals surface area contributed by atoms with Crippen molar-refractivity contribution in [3.05, 3.63) is 42.0 Å². The molecular weight excluding hydrogens is 276 g/mol. The Kier molecular flexibility index (Phi) is 4.60. The lowest BCUT2D eigenvalue weighted by Gasteiger charge is -2.24. The van der Waals surface area contributed by atoms with E-state index >= 15 is 0 Å². The fourth-order valence-electron chi connectivity index (χ4n) is 3.16. The zero-order valence-electron chi connectivity index (χ0n) is 12.8. The number of carbonyl (C=O) groups is 1. The molecule has 4 nitrogen and oxygen atoms in total. The topological polar surface area (TPSA) is 66.6 Å². The molecule has 0 aromatic heterocycles. The molecule has 22 heavy (non-hydrogen) atoms. The van der Waals surface area contributed by atoms with E-state index in [-0.39, 0.29) is 17.9 Å². The SMILES string of the molecule is N[C@H]1C[C@H](C(=O)N(CC=Cc2ccccc2)C2CC2)C[C@@H]1O. The first-order valence-corrected chi connectivity index (χ1v) is 8.11. The summed E-state index contributed by atoms with van der Waals surface area (Å²) in [7, 11) is 0. The highest BCUT2D eigenvalue weighted by Gasteiger charge is 2.40. The van der Waals surface area contributed by atoms with Gasteiger partial charge in [-0.3, -0.25) is 4.79 Å². The third-order valence-electron chi connectivity index (χ3n) is 4.61. The number of aliphatic hydroxyl groups is 1. The molecular formula is C18H24N2O2. The number of carbonyl (C=O) groups excluding carboxylic acids is 1. The Morgan fingerprint density at radius 1 is 1.27 bits per heavy atom. The van der Waals surface area contributed by atoms with Crippen molar-refractivity contribution < 1.29 is 9.90 Å². The largest absolute Gasteiger partial charge is 0.391 e. The molecule has 3 rings (SSSR count). The van der Waals surface area contributed by atoms with Gasteiger partial charge in [0.1, 0.15) is 0 Å². The van der Waals surface area contributed by atoms with Crippen molar-refractivity contribution in [3.8, 4) is 0 Å². The monoisotopic (exact) mass is 300 g/mol. The Morgan fingerprint density at radius 2 is 2.00 bits per heavy atom. The van der Waals surface area contributed by atoms with Crippen molar-refractivity contribution >= 4 is 12.0 Å². The van der Waals surface area contributed by atoms with E-state index in [2.05, 4.69) is 12.2 Å². The van der Waals surface area contributed by atoms with Crippen LogP contribution in [-0.2, 0) is 4.79 Å². The summed E-state index contributed by atoms with van der Waals surface area (Å²) in [5.41, 5.74) is 6.98. The molecule has 0 unspecified atom stereocenters. The van der Waals surface area contributed by atoms with Crippen LogP contribution in [-0.4, -0.2) is 40.6 Å². The summed E-state index contributed by atoms with van der Waals surface area (Å²) < 4.78 is 0. The molecule has 2 aliphatic carbocycles. The molecule has 118 valence electrons. The van der Waals surface area contributed by atoms with Crippen LogP contribution in [0.15, 0.2) is 36.4 Å². The molecule has 0 heterocycles. The highest BCUT2D eigenvalue weighted by Crippen LogP contribution is 2.32. The van der Waals surface area contributed by atoms with E-state index in [0.29, 0.717) is 25.4 Å². The smallest absolute Gasteiger partial charge is 0.226 e. The number of benzene rings is 1. The Hall–Kier alpha value is -1.65. The van der Waals surface area contributed by atoms with Gasteiger partial charge in [0.2, 0.25) is 5.91 Å². The maximum absolute atomic E-state index is 12.7. The summed E-state index contributed by atoms with van der Waals surface area (Å²) >= 11 is 0. The summed E-state index contributed by atoms with van der Waals surface area (Å²) in [6.07, 6.45) is 6.86. The first-order chi connectivity index (χ1) is 10.6. The van der Waals surface area contributed by atoms with E-state index < -0.39 is 6.10 Å². The molecule has 3 atom stereocenters. The number of nitrogens with zero attached hydrogens (tertiary/aromatic N) is 1. The van der Waals surface area contributed by atoms with Gasteiger partial charge in [0, 0.05) is 24.5 Å². The molecule has 3 N–H and O–H groups in total. The summed E-state index contributed by atoms with van der Waals surface area (Å²) in [5, 5.41) is 9.77. The molecule has 0 bridgehead atoms. The standard InChI is InChI=1S/C18H24N2O2/c19-16-11-14(12-17(16)21)18(22)20(15-8-9-15)10-4-7-13-5-2-1-3-6-13/h1-7,14-17,21H,8-12,19H2/t14-,16-,17-/m0/s1. The maximum Gasteiger partial charge on any atom is 0.226 e. The van der Waals surface area contributed by atoms with Crippen molar-refractivity contribution in [2.45, 2.75) is 43.9 Å². The first-order valence-electron chi connectivity index (χ1n) is 8.11. The highest BCUT2D eigenvalue weighted by molar-refractivity contribution is 5.80. The molecule has 1 amide bonds. The molecule has 0 saturated heterocycles. The molecule has 1 aromatic rings. The van der Waals surface area contributed by atoms with Crippen molar-refractivity contribution in [2.75, 3.05) is 6.54 Å². The van der Waals surface area contributed by atoms with E-state index in [9.17, 15) is 9.90 Å². The van der Waals surface area contributed by atoms with E-state index in [4.69, 9.17) is 5.73 Å². The number of nitrogens with two attached hydrogens (primary N) is 1. The zero-order chi connectivity index (χ0) is 15.5. The minimum atomic E-state index is -0.533. The maximum atomic E-state index is 12.7. The predicted octanol–water partition coefficient (Wildman–Crippen LogP) is 1.79. The first kappa shape index (κ1) is 15.3. The minimum absolute atomic E-state index is 0.115. The van der Waals surface area contributed by atoms with Gasteiger partial charge in [0.25, 0.3) is 0 Å². The van der Waals surface area contributed by atoms with Crippen LogP contribution in [0.2, 0.25) is 0 Å². The summed E-state index contributed by atoms with van der Waals surface area (Å²) in [6, 6.07) is 10.2. The quantitative estimate of drug-likeness (QED) is 0.871. The molecule has 1 aromatic carbocycles. The highest BCUT2D eigenvalue weighted by atomic mass is 16.3. The molecule has 0 spiro atoms. The molecule has 0 aliphatic heterocycles. The van der Waals surface area contributed by atoms with Crippen LogP contribution in [0.25, 0.3) is 6.08 Å². The Balaban J connectivity index is 1.61. The average molecular weight is 300 g/mol. The normalized spacial score (nSPS) is 28.2. The van der Waals surface area contributed by atoms with E-state index in [0.717, 1.165) is 18.4 Å². The molecule has 2 saturated carbocycles. The number of hydrogen-bond donors (Lipinski definition) is 2. The number of rotatable bonds is 5. The fourth-order valence-corrected chi connectivity index (χ4v) is 3.16. The van der Waals surface area contributed by atoms with E-state index in [1.807, 2.05) is 35.2 Å². The fraction of sp³-hybridized carbons (Fsp3) is 0.500. The van der Waals surface area contributed by atoms with Gasteiger partial charge >= 0.3 is 0 Å². The number of hydrogen-bond acceptors (Lipinski definition) is 3. The van der Waals surface area contributed by atoms with E-state index in [1.165, 1.54) is 0 Å². The van der Waals surface area contributed by atoms with E-state index in [1.54, 1.807) is 0 Å². The summed E-state index contributed by atoms with van der Waals surface area (Å²) in [5.74, 6) is 0.0444. The Bertz CT molecular complexity index is 529. The predicted molar refractivity (Wildman–Crippen MR) is 86.9 cm³/mol. The van der Waals surface area contributed by atoms with Crippen LogP contribution < -0.4 is 5.73 Å². The minimum Gasteiger partial charge on any atom is -0.391 e.